The fraction of sp³-hybridized carbons (Fsp3) is 0.750. The zero-order valence-electron chi connectivity index (χ0n) is 9.06. The summed E-state index contributed by atoms with van der Waals surface area (Å²) < 4.78 is 15.8. The third-order valence-electron chi connectivity index (χ3n) is 2.15. The highest BCUT2D eigenvalue weighted by molar-refractivity contribution is 5.82. The van der Waals surface area contributed by atoms with Crippen LogP contribution in [0.5, 0.6) is 0 Å². The molecule has 0 aromatic carbocycles. The third-order valence-corrected chi connectivity index (χ3v) is 2.15. The van der Waals surface area contributed by atoms with Gasteiger partial charge in [0, 0.05) is 6.42 Å². The maximum atomic E-state index is 11.3. The zero-order chi connectivity index (χ0) is 11.4. The van der Waals surface area contributed by atoms with Crippen LogP contribution in [0.25, 0.3) is 0 Å². The molecule has 0 saturated carbocycles. The van der Waals surface area contributed by atoms with Crippen LogP contribution in [0.4, 0.5) is 4.79 Å². The Morgan fingerprint density at radius 1 is 1.50 bits per heavy atom. The van der Waals surface area contributed by atoms with Gasteiger partial charge in [-0.25, -0.2) is 9.59 Å². The smallest absolute Gasteiger partial charge is 0.410 e. The largest absolute Gasteiger partial charge is 0.467 e. The Balaban J connectivity index is 2.73. The molecule has 14 heavy (non-hydrogen) atoms. The van der Waals surface area contributed by atoms with Crippen molar-refractivity contribution >= 4 is 12.1 Å². The van der Waals surface area contributed by atoms with Crippen molar-refractivity contribution in [3.05, 3.63) is 0 Å². The molecule has 1 rings (SSSR count). The molecule has 80 valence electrons. The summed E-state index contributed by atoms with van der Waals surface area (Å²) in [5, 5.41) is 4.35. The van der Waals surface area contributed by atoms with Crippen LogP contribution in [0, 0.1) is 0 Å². The molecule has 6 nitrogen and oxygen atoms in total. The lowest BCUT2D eigenvalue weighted by Crippen LogP contribution is -2.41. The van der Waals surface area contributed by atoms with Gasteiger partial charge in [0.15, 0.2) is 0 Å². The number of carbonyl (C=O) groups is 2. The molecule has 0 aromatic rings. The first kappa shape index (κ1) is 9.26. The molecular formula is C8H13NO5. The molecule has 1 fully saturated rings. The third kappa shape index (κ3) is 1.95. The first-order valence-electron chi connectivity index (χ1n) is 4.59. The summed E-state index contributed by atoms with van der Waals surface area (Å²) >= 11 is 0. The van der Waals surface area contributed by atoms with Crippen LogP contribution in [-0.4, -0.2) is 56.4 Å². The van der Waals surface area contributed by atoms with Crippen molar-refractivity contribution in [2.75, 3.05) is 20.8 Å². The molecule has 6 heteroatoms. The van der Waals surface area contributed by atoms with Crippen molar-refractivity contribution in [1.82, 2.24) is 4.90 Å². The van der Waals surface area contributed by atoms with Gasteiger partial charge in [0.25, 0.3) is 0 Å². The second-order valence-electron chi connectivity index (χ2n) is 3.02. The number of rotatable bonds is 2. The molecule has 1 amide bonds. The Kier molecular flexibility index (Phi) is 2.83. The van der Waals surface area contributed by atoms with Gasteiger partial charge in [-0.1, -0.05) is 0 Å². The van der Waals surface area contributed by atoms with Crippen LogP contribution >= 0.6 is 0 Å². The van der Waals surface area contributed by atoms with Crippen LogP contribution in [0.1, 0.15) is 6.42 Å². The fourth-order valence-corrected chi connectivity index (χ4v) is 1.48. The molecule has 1 heterocycles. The summed E-state index contributed by atoms with van der Waals surface area (Å²) in [6.07, 6.45) is -0.844. The van der Waals surface area contributed by atoms with Gasteiger partial charge in [0.2, 0.25) is 1.43 Å². The highest BCUT2D eigenvalue weighted by atomic mass is 16.5. The number of ether oxygens (including phenoxy) is 2. The Morgan fingerprint density at radius 2 is 2.21 bits per heavy atom. The average molecular weight is 204 g/mol. The topological polar surface area (TPSA) is 76.1 Å². The average Bonchev–Trinajstić information content (AvgIpc) is 2.70. The van der Waals surface area contributed by atoms with E-state index in [0.29, 0.717) is 0 Å². The van der Waals surface area contributed by atoms with E-state index in [-0.39, 0.29) is 13.0 Å². The quantitative estimate of drug-likeness (QED) is 0.605. The van der Waals surface area contributed by atoms with E-state index in [1.807, 2.05) is 0 Å². The second-order valence-corrected chi connectivity index (χ2v) is 3.02. The Hall–Kier alpha value is -1.30. The number of hydrogen-bond acceptors (Lipinski definition) is 5. The van der Waals surface area contributed by atoms with Crippen LogP contribution in [-0.2, 0) is 14.3 Å². The molecule has 1 aliphatic rings. The van der Waals surface area contributed by atoms with E-state index in [4.69, 9.17) is 1.43 Å². The highest BCUT2D eigenvalue weighted by Crippen LogP contribution is 2.19. The van der Waals surface area contributed by atoms with E-state index >= 15 is 0 Å². The molecule has 0 radical (unpaired) electrons. The van der Waals surface area contributed by atoms with E-state index in [1.165, 1.54) is 19.1 Å². The van der Waals surface area contributed by atoms with Gasteiger partial charge in [-0.05, 0) is 0 Å². The van der Waals surface area contributed by atoms with Gasteiger partial charge >= 0.3 is 12.1 Å². The summed E-state index contributed by atoms with van der Waals surface area (Å²) in [5.41, 5.74) is 0. The second kappa shape index (κ2) is 4.28. The number of likely N-dealkylation sites (tertiary alicyclic amines) is 1. The minimum Gasteiger partial charge on any atom is -0.467 e. The first-order valence-corrected chi connectivity index (χ1v) is 4.18. The molecule has 0 spiro atoms. The summed E-state index contributed by atoms with van der Waals surface area (Å²) in [5.74, 6) is -0.528. The van der Waals surface area contributed by atoms with Crippen LogP contribution in [0.15, 0.2) is 0 Å². The van der Waals surface area contributed by atoms with Crippen LogP contribution < -0.4 is 0 Å². The van der Waals surface area contributed by atoms with Gasteiger partial charge in [0.05, 0.1) is 26.9 Å². The fourth-order valence-electron chi connectivity index (χ4n) is 1.48. The highest BCUT2D eigenvalue weighted by Gasteiger charge is 2.40. The number of methoxy groups -OCH3 is 2. The lowest BCUT2D eigenvalue weighted by atomic mass is 10.2. The molecule has 0 unspecified atom stereocenters. The molecular weight excluding hydrogens is 190 g/mol. The van der Waals surface area contributed by atoms with Gasteiger partial charge in [-0.15, -0.1) is 0 Å². The summed E-state index contributed by atoms with van der Waals surface area (Å²) in [6.45, 7) is 0.163. The Morgan fingerprint density at radius 3 is 2.71 bits per heavy atom. The van der Waals surface area contributed by atoms with Crippen LogP contribution in [0.2, 0.25) is 0 Å². The number of esters is 1. The normalized spacial score (nSPS) is 27.0. The Labute approximate surface area is 82.9 Å². The van der Waals surface area contributed by atoms with E-state index in [1.54, 1.807) is 0 Å². The number of β-amino-alcohol motifs (C(OH)–C–C–N with tert-alkyl or cyclic N) is 1. The lowest BCUT2D eigenvalue weighted by molar-refractivity contribution is -0.145. The SMILES string of the molecule is [2H]O[C@H]1C[C@@H](C(=O)OC)N(C(=O)OC)C1. The van der Waals surface area contributed by atoms with Crippen molar-refractivity contribution < 1.29 is 24.2 Å². The number of aliphatic hydroxyl groups excluding tert-OH is 1. The van der Waals surface area contributed by atoms with Gasteiger partial charge in [0.1, 0.15) is 6.04 Å². The molecule has 0 aliphatic carbocycles. The summed E-state index contributed by atoms with van der Waals surface area (Å²) in [7, 11) is 2.47. The van der Waals surface area contributed by atoms with Crippen molar-refractivity contribution in [3.63, 3.8) is 0 Å². The first-order chi connectivity index (χ1) is 7.13. The van der Waals surface area contributed by atoms with Crippen molar-refractivity contribution in [3.8, 4) is 0 Å². The maximum Gasteiger partial charge on any atom is 0.410 e. The van der Waals surface area contributed by atoms with Gasteiger partial charge in [-0.3, -0.25) is 4.90 Å². The van der Waals surface area contributed by atoms with Crippen molar-refractivity contribution in [1.29, 1.82) is 1.43 Å². The monoisotopic (exact) mass is 204 g/mol. The van der Waals surface area contributed by atoms with E-state index in [0.717, 1.165) is 0 Å². The lowest BCUT2D eigenvalue weighted by Gasteiger charge is -2.20. The predicted octanol–water partition coefficient (Wildman–Crippen LogP) is -0.639. The maximum absolute atomic E-state index is 11.3. The van der Waals surface area contributed by atoms with E-state index < -0.39 is 24.2 Å². The molecule has 1 N–H and O–H groups in total. The standard InChI is InChI=1S/C8H13NO5/c1-13-7(11)6-3-5(10)4-9(6)8(12)14-2/h5-6,10H,3-4H2,1-2H3/t5-,6-/m0/s1/i10D. The molecule has 1 saturated heterocycles. The zero-order valence-corrected chi connectivity index (χ0v) is 8.06. The predicted molar refractivity (Wildman–Crippen MR) is 45.5 cm³/mol. The van der Waals surface area contributed by atoms with Crippen molar-refractivity contribution in [2.24, 2.45) is 0 Å². The minimum atomic E-state index is -0.724. The number of aliphatic hydroxyl groups is 1. The molecule has 1 aliphatic heterocycles. The minimum absolute atomic E-state index is 0.163. The summed E-state index contributed by atoms with van der Waals surface area (Å²) in [6, 6.07) is -0.724. The van der Waals surface area contributed by atoms with Gasteiger partial charge in [-0.2, -0.15) is 0 Å². The molecule has 2 atom stereocenters. The van der Waals surface area contributed by atoms with Gasteiger partial charge < -0.3 is 14.6 Å². The number of hydrogen-bond donors (Lipinski definition) is 1. The van der Waals surface area contributed by atoms with Crippen LogP contribution in [0.3, 0.4) is 0 Å². The van der Waals surface area contributed by atoms with E-state index in [2.05, 4.69) is 14.6 Å². The van der Waals surface area contributed by atoms with E-state index in [9.17, 15) is 9.59 Å². The number of amides is 1. The molecule has 0 aromatic heterocycles. The Bertz CT molecular complexity index is 235. The summed E-state index contributed by atoms with van der Waals surface area (Å²) in [4.78, 5) is 23.8. The number of nitrogens with zero attached hydrogens (tertiary/aromatic N) is 1. The molecule has 0 bridgehead atoms. The number of carbonyl (C=O) groups excluding carboxylic acids is 2. The van der Waals surface area contributed by atoms with Crippen molar-refractivity contribution in [2.45, 2.75) is 18.6 Å².